The topological polar surface area (TPSA) is 207 Å². The van der Waals surface area contributed by atoms with Crippen LogP contribution in [0.15, 0.2) is 12.2 Å². The van der Waals surface area contributed by atoms with E-state index in [-0.39, 0.29) is 12.3 Å². The van der Waals surface area contributed by atoms with Crippen LogP contribution in [-0.4, -0.2) is 94.4 Å². The van der Waals surface area contributed by atoms with Gasteiger partial charge < -0.3 is 36.6 Å². The molecule has 0 spiro atoms. The van der Waals surface area contributed by atoms with Crippen molar-refractivity contribution in [2.75, 3.05) is 19.7 Å². The van der Waals surface area contributed by atoms with Crippen LogP contribution in [0.2, 0.25) is 0 Å². The van der Waals surface area contributed by atoms with E-state index in [0.717, 1.165) is 57.8 Å². The molecule has 0 bridgehead atoms. The van der Waals surface area contributed by atoms with E-state index in [9.17, 15) is 29.4 Å². The van der Waals surface area contributed by atoms with Crippen LogP contribution in [0.5, 0.6) is 0 Å². The van der Waals surface area contributed by atoms with E-state index in [4.69, 9.17) is 21.0 Å². The predicted molar refractivity (Wildman–Crippen MR) is 254 cm³/mol. The lowest BCUT2D eigenvalue weighted by Gasteiger charge is -2.42. The fraction of sp³-hybridized carbons (Fsp3) is 0.880. The number of carbonyl (C=O) groups excluding carboxylic acids is 4. The van der Waals surface area contributed by atoms with Crippen molar-refractivity contribution >= 4 is 23.5 Å². The summed E-state index contributed by atoms with van der Waals surface area (Å²) in [6, 6.07) is -0.970. The quantitative estimate of drug-likeness (QED) is 0.0149. The van der Waals surface area contributed by atoms with Crippen LogP contribution < -0.4 is 22.3 Å². The maximum atomic E-state index is 13.9. The molecule has 3 amide bonds. The van der Waals surface area contributed by atoms with E-state index >= 15 is 0 Å². The Morgan fingerprint density at radius 2 is 1.19 bits per heavy atom. The van der Waals surface area contributed by atoms with Crippen LogP contribution in [0.3, 0.4) is 0 Å². The van der Waals surface area contributed by atoms with Crippen LogP contribution in [0.4, 0.5) is 0 Å². The molecule has 0 aromatic carbocycles. The Kier molecular flexibility index (Phi) is 35.1. The zero-order valence-corrected chi connectivity index (χ0v) is 40.5. The molecule has 0 aromatic heterocycles. The Hall–Kier alpha value is -2.42. The second-order valence-electron chi connectivity index (χ2n) is 18.5. The standard InChI is InChI=1S/C50H95N5O8/c1-5-7-9-11-13-15-17-19-21-23-25-27-29-31-33-35-37-55(45(58)36-34-32-30-28-26-24-22-20-18-16-14-12-10-8-6-2)46-38-42(47(59)43(40-56)62-46)63-54-44(57)39-53-49(61)50(4,52)48(60)41(3)51/h20,22,41-43,46-47,56,59H,5-19,21,23-40,51-52H2,1-4H3,(H,53,61)(H,54,57)/b22-20-/t41-,42-,43+,46+,47+,50+/m0/s1. The molecule has 0 saturated carbocycles. The Morgan fingerprint density at radius 3 is 1.65 bits per heavy atom. The van der Waals surface area contributed by atoms with E-state index in [2.05, 4.69) is 36.8 Å². The molecule has 1 rings (SSSR count). The van der Waals surface area contributed by atoms with Gasteiger partial charge in [-0.3, -0.25) is 24.0 Å². The van der Waals surface area contributed by atoms with E-state index in [1.54, 1.807) is 4.90 Å². The normalized spacial score (nSPS) is 19.2. The summed E-state index contributed by atoms with van der Waals surface area (Å²) in [5, 5.41) is 23.5. The molecule has 0 aliphatic carbocycles. The highest BCUT2D eigenvalue weighted by Crippen LogP contribution is 2.27. The third-order valence-electron chi connectivity index (χ3n) is 12.4. The smallest absolute Gasteiger partial charge is 0.262 e. The lowest BCUT2D eigenvalue weighted by molar-refractivity contribution is -0.237. The monoisotopic (exact) mass is 894 g/mol. The van der Waals surface area contributed by atoms with Gasteiger partial charge >= 0.3 is 0 Å². The van der Waals surface area contributed by atoms with Crippen LogP contribution in [0.25, 0.3) is 0 Å². The van der Waals surface area contributed by atoms with Crippen LogP contribution in [-0.2, 0) is 28.8 Å². The van der Waals surface area contributed by atoms with Gasteiger partial charge in [-0.25, -0.2) is 5.48 Å². The number of hydrogen-bond donors (Lipinski definition) is 6. The fourth-order valence-corrected chi connectivity index (χ4v) is 8.24. The number of nitrogens with two attached hydrogens (primary N) is 2. The van der Waals surface area contributed by atoms with Crippen molar-refractivity contribution in [1.82, 2.24) is 15.7 Å². The van der Waals surface area contributed by atoms with Gasteiger partial charge in [0.2, 0.25) is 11.8 Å². The van der Waals surface area contributed by atoms with Crippen LogP contribution >= 0.6 is 0 Å². The summed E-state index contributed by atoms with van der Waals surface area (Å²) in [7, 11) is 0. The number of unbranched alkanes of at least 4 members (excludes halogenated alkanes) is 26. The zero-order valence-electron chi connectivity index (χ0n) is 40.5. The molecule has 368 valence electrons. The summed E-state index contributed by atoms with van der Waals surface area (Å²) in [6.07, 6.45) is 36.2. The Labute approximate surface area is 383 Å². The molecule has 63 heavy (non-hydrogen) atoms. The largest absolute Gasteiger partial charge is 0.394 e. The highest BCUT2D eigenvalue weighted by atomic mass is 16.7. The van der Waals surface area contributed by atoms with E-state index < -0.39 is 66.9 Å². The van der Waals surface area contributed by atoms with Gasteiger partial charge in [-0.2, -0.15) is 0 Å². The second-order valence-corrected chi connectivity index (χ2v) is 18.5. The predicted octanol–water partition coefficient (Wildman–Crippen LogP) is 8.75. The molecule has 1 aliphatic heterocycles. The Balaban J connectivity index is 2.67. The third-order valence-corrected chi connectivity index (χ3v) is 12.4. The average Bonchev–Trinajstić information content (AvgIpc) is 3.27. The zero-order chi connectivity index (χ0) is 46.6. The number of allylic oxidation sites excluding steroid dienone is 2. The summed E-state index contributed by atoms with van der Waals surface area (Å²) in [5.41, 5.74) is 11.8. The van der Waals surface area contributed by atoms with Crippen molar-refractivity contribution in [3.63, 3.8) is 0 Å². The highest BCUT2D eigenvalue weighted by molar-refractivity contribution is 6.12. The Bertz CT molecular complexity index is 1220. The molecule has 1 heterocycles. The maximum absolute atomic E-state index is 13.9. The molecule has 13 nitrogen and oxygen atoms in total. The third kappa shape index (κ3) is 27.6. The van der Waals surface area contributed by atoms with Gasteiger partial charge in [0.1, 0.15) is 24.5 Å². The van der Waals surface area contributed by atoms with Gasteiger partial charge in [-0.05, 0) is 52.4 Å². The van der Waals surface area contributed by atoms with Crippen LogP contribution in [0.1, 0.15) is 227 Å². The van der Waals surface area contributed by atoms with E-state index in [1.807, 2.05) is 0 Å². The molecule has 1 aliphatic rings. The van der Waals surface area contributed by atoms with E-state index in [1.165, 1.54) is 142 Å². The molecule has 8 N–H and O–H groups in total. The molecular formula is C50H95N5O8. The number of ketones is 1. The van der Waals surface area contributed by atoms with Gasteiger partial charge in [0.25, 0.3) is 5.91 Å². The van der Waals surface area contributed by atoms with Crippen LogP contribution in [0, 0.1) is 0 Å². The number of Topliss-reactive ketones (excluding diaryl/α,β-unsaturated/α-hetero) is 1. The molecule has 0 unspecified atom stereocenters. The number of ether oxygens (including phenoxy) is 1. The van der Waals surface area contributed by atoms with Gasteiger partial charge in [0, 0.05) is 19.4 Å². The molecule has 13 heteroatoms. The summed E-state index contributed by atoms with van der Waals surface area (Å²) in [5.74, 6) is -2.35. The number of aliphatic hydroxyl groups excluding tert-OH is 2. The molecule has 1 saturated heterocycles. The number of aliphatic hydroxyl groups is 2. The first-order valence-corrected chi connectivity index (χ1v) is 25.6. The van der Waals surface area contributed by atoms with Gasteiger partial charge in [-0.15, -0.1) is 0 Å². The first kappa shape index (κ1) is 58.6. The van der Waals surface area contributed by atoms with Crippen molar-refractivity contribution in [1.29, 1.82) is 0 Å². The van der Waals surface area contributed by atoms with Gasteiger partial charge in [0.05, 0.1) is 19.2 Å². The number of amides is 3. The fourth-order valence-electron chi connectivity index (χ4n) is 8.24. The number of nitrogens with zero attached hydrogens (tertiary/aromatic N) is 1. The molecule has 0 aromatic rings. The van der Waals surface area contributed by atoms with Crippen molar-refractivity contribution in [3.05, 3.63) is 12.2 Å². The van der Waals surface area contributed by atoms with Gasteiger partial charge in [-0.1, -0.05) is 174 Å². The first-order chi connectivity index (χ1) is 30.4. The Morgan fingerprint density at radius 1 is 0.746 bits per heavy atom. The summed E-state index contributed by atoms with van der Waals surface area (Å²) in [4.78, 5) is 58.7. The minimum Gasteiger partial charge on any atom is -0.394 e. The average molecular weight is 894 g/mol. The SMILES string of the molecule is CCCCCCCC/C=C\CCCCCCCC(=O)N(CCCCCCCCCCCCCCCCCC)[C@H]1C[C@H](ONC(=O)CNC(=O)[C@](C)(N)C(=O)[C@H](C)N)[C@@H](O)[C@@H](CO)O1. The first-order valence-electron chi connectivity index (χ1n) is 25.6. The number of carbonyl (C=O) groups is 4. The molecule has 6 atom stereocenters. The highest BCUT2D eigenvalue weighted by Gasteiger charge is 2.42. The number of hydroxylamine groups is 1. The summed E-state index contributed by atoms with van der Waals surface area (Å²) < 4.78 is 6.13. The second kappa shape index (κ2) is 37.8. The van der Waals surface area contributed by atoms with Crippen molar-refractivity contribution in [2.45, 2.75) is 263 Å². The molecule has 0 radical (unpaired) electrons. The molecule has 1 fully saturated rings. The van der Waals surface area contributed by atoms with Crippen molar-refractivity contribution < 1.29 is 39.0 Å². The minimum absolute atomic E-state index is 0.0386. The maximum Gasteiger partial charge on any atom is 0.262 e. The minimum atomic E-state index is -1.93. The number of hydrogen-bond acceptors (Lipinski definition) is 10. The summed E-state index contributed by atoms with van der Waals surface area (Å²) >= 11 is 0. The lowest BCUT2D eigenvalue weighted by atomic mass is 9.92. The lowest BCUT2D eigenvalue weighted by Crippen LogP contribution is -2.62. The van der Waals surface area contributed by atoms with Gasteiger partial charge in [0.15, 0.2) is 11.3 Å². The molecular weight excluding hydrogens is 799 g/mol. The van der Waals surface area contributed by atoms with E-state index in [0.29, 0.717) is 13.0 Å². The van der Waals surface area contributed by atoms with Crippen molar-refractivity contribution in [3.8, 4) is 0 Å². The van der Waals surface area contributed by atoms with Crippen molar-refractivity contribution in [2.24, 2.45) is 11.5 Å². The number of rotatable bonds is 41. The number of nitrogens with one attached hydrogen (secondary N) is 2. The summed E-state index contributed by atoms with van der Waals surface area (Å²) in [6.45, 7) is 6.56.